The summed E-state index contributed by atoms with van der Waals surface area (Å²) in [6.45, 7) is 6.41. The molecule has 1 amide bonds. The number of carbonyl (C=O) groups is 1. The Morgan fingerprint density at radius 2 is 2.00 bits per heavy atom. The molecule has 0 bridgehead atoms. The highest BCUT2D eigenvalue weighted by Gasteiger charge is 2.36. The van der Waals surface area contributed by atoms with E-state index in [0.717, 1.165) is 11.4 Å². The molecule has 1 atom stereocenters. The van der Waals surface area contributed by atoms with Crippen molar-refractivity contribution in [3.8, 4) is 0 Å². The standard InChI is InChI=1S/C19H23N3OS/c1-19(2,3)16-9-10-22(20-16)18-17(23)21(12-24-18)15-6-4-5-14(11-15)13-7-8-13/h4-6,9-11,13,18H,7-8,12H2,1-3H3. The second kappa shape index (κ2) is 5.66. The summed E-state index contributed by atoms with van der Waals surface area (Å²) < 4.78 is 1.82. The molecule has 0 spiro atoms. The maximum atomic E-state index is 12.9. The first kappa shape index (κ1) is 15.8. The van der Waals surface area contributed by atoms with Crippen molar-refractivity contribution in [3.05, 3.63) is 47.8 Å². The smallest absolute Gasteiger partial charge is 0.263 e. The van der Waals surface area contributed by atoms with E-state index in [1.165, 1.54) is 18.4 Å². The molecule has 24 heavy (non-hydrogen) atoms. The maximum absolute atomic E-state index is 12.9. The summed E-state index contributed by atoms with van der Waals surface area (Å²) in [5.74, 6) is 1.51. The highest BCUT2D eigenvalue weighted by atomic mass is 32.2. The van der Waals surface area contributed by atoms with Crippen molar-refractivity contribution in [2.45, 2.75) is 50.3 Å². The lowest BCUT2D eigenvalue weighted by Gasteiger charge is -2.17. The monoisotopic (exact) mass is 341 g/mol. The molecule has 1 aliphatic carbocycles. The summed E-state index contributed by atoms with van der Waals surface area (Å²) in [5, 5.41) is 4.39. The quantitative estimate of drug-likeness (QED) is 0.836. The zero-order valence-electron chi connectivity index (χ0n) is 14.4. The van der Waals surface area contributed by atoms with Crippen LogP contribution in [0.15, 0.2) is 36.5 Å². The molecule has 4 rings (SSSR count). The third-order valence-electron chi connectivity index (χ3n) is 4.69. The summed E-state index contributed by atoms with van der Waals surface area (Å²) in [5.41, 5.74) is 3.39. The molecule has 2 heterocycles. The number of aromatic nitrogens is 2. The van der Waals surface area contributed by atoms with Crippen LogP contribution in [-0.2, 0) is 10.2 Å². The van der Waals surface area contributed by atoms with Gasteiger partial charge in [0.2, 0.25) is 0 Å². The number of hydrogen-bond acceptors (Lipinski definition) is 3. The lowest BCUT2D eigenvalue weighted by atomic mass is 9.93. The van der Waals surface area contributed by atoms with Crippen molar-refractivity contribution >= 4 is 23.4 Å². The molecule has 5 heteroatoms. The van der Waals surface area contributed by atoms with Crippen LogP contribution in [0.2, 0.25) is 0 Å². The van der Waals surface area contributed by atoms with E-state index < -0.39 is 0 Å². The highest BCUT2D eigenvalue weighted by molar-refractivity contribution is 8.00. The maximum Gasteiger partial charge on any atom is 0.263 e. The summed E-state index contributed by atoms with van der Waals surface area (Å²) in [4.78, 5) is 14.8. The average molecular weight is 341 g/mol. The van der Waals surface area contributed by atoms with E-state index in [2.05, 4.69) is 44.1 Å². The Balaban J connectivity index is 1.56. The third kappa shape index (κ3) is 2.86. The molecular weight excluding hydrogens is 318 g/mol. The fourth-order valence-corrected chi connectivity index (χ4v) is 4.14. The molecule has 126 valence electrons. The molecule has 2 aromatic rings. The van der Waals surface area contributed by atoms with E-state index in [1.807, 2.05) is 27.9 Å². The Morgan fingerprint density at radius 1 is 1.21 bits per heavy atom. The minimum atomic E-state index is -0.259. The lowest BCUT2D eigenvalue weighted by Crippen LogP contribution is -2.28. The molecule has 1 aliphatic heterocycles. The van der Waals surface area contributed by atoms with Crippen LogP contribution in [0.4, 0.5) is 5.69 Å². The van der Waals surface area contributed by atoms with Gasteiger partial charge >= 0.3 is 0 Å². The van der Waals surface area contributed by atoms with E-state index in [-0.39, 0.29) is 16.7 Å². The zero-order chi connectivity index (χ0) is 16.9. The molecule has 1 unspecified atom stereocenters. The van der Waals surface area contributed by atoms with Gasteiger partial charge in [0.05, 0.1) is 11.6 Å². The van der Waals surface area contributed by atoms with Crippen molar-refractivity contribution in [3.63, 3.8) is 0 Å². The van der Waals surface area contributed by atoms with E-state index in [4.69, 9.17) is 0 Å². The minimum absolute atomic E-state index is 0.00412. The number of nitrogens with zero attached hydrogens (tertiary/aromatic N) is 3. The van der Waals surface area contributed by atoms with Gasteiger partial charge in [-0.05, 0) is 42.5 Å². The molecule has 2 fully saturated rings. The fraction of sp³-hybridized carbons (Fsp3) is 0.474. The molecule has 1 saturated heterocycles. The number of rotatable bonds is 3. The van der Waals surface area contributed by atoms with Crippen LogP contribution in [0.5, 0.6) is 0 Å². The van der Waals surface area contributed by atoms with Gasteiger partial charge in [0, 0.05) is 17.3 Å². The number of amides is 1. The Bertz CT molecular complexity index is 773. The molecular formula is C19H23N3OS. The number of carbonyl (C=O) groups excluding carboxylic acids is 1. The highest BCUT2D eigenvalue weighted by Crippen LogP contribution is 2.42. The van der Waals surface area contributed by atoms with Gasteiger partial charge in [0.25, 0.3) is 5.91 Å². The molecule has 0 N–H and O–H groups in total. The van der Waals surface area contributed by atoms with Crippen molar-refractivity contribution in [2.24, 2.45) is 0 Å². The van der Waals surface area contributed by atoms with Crippen LogP contribution in [0.3, 0.4) is 0 Å². The summed E-state index contributed by atoms with van der Waals surface area (Å²) in [6, 6.07) is 10.5. The van der Waals surface area contributed by atoms with Gasteiger partial charge < -0.3 is 0 Å². The van der Waals surface area contributed by atoms with Gasteiger partial charge in [0.1, 0.15) is 0 Å². The predicted octanol–water partition coefficient (Wildman–Crippen LogP) is 4.29. The van der Waals surface area contributed by atoms with Crippen LogP contribution in [0, 0.1) is 0 Å². The number of anilines is 1. The van der Waals surface area contributed by atoms with Crippen molar-refractivity contribution in [1.82, 2.24) is 9.78 Å². The van der Waals surface area contributed by atoms with Crippen molar-refractivity contribution < 1.29 is 4.79 Å². The van der Waals surface area contributed by atoms with E-state index >= 15 is 0 Å². The van der Waals surface area contributed by atoms with Crippen LogP contribution in [0.1, 0.15) is 56.2 Å². The van der Waals surface area contributed by atoms with Crippen LogP contribution in [-0.4, -0.2) is 21.6 Å². The molecule has 1 aromatic carbocycles. The molecule has 4 nitrogen and oxygen atoms in total. The lowest BCUT2D eigenvalue weighted by molar-refractivity contribution is -0.118. The molecule has 2 aliphatic rings. The predicted molar refractivity (Wildman–Crippen MR) is 98.3 cm³/mol. The van der Waals surface area contributed by atoms with Gasteiger partial charge in [-0.25, -0.2) is 4.68 Å². The normalized spacial score (nSPS) is 21.5. The first-order valence-corrected chi connectivity index (χ1v) is 9.57. The Morgan fingerprint density at radius 3 is 2.67 bits per heavy atom. The van der Waals surface area contributed by atoms with Crippen LogP contribution >= 0.6 is 11.8 Å². The zero-order valence-corrected chi connectivity index (χ0v) is 15.2. The fourth-order valence-electron chi connectivity index (χ4n) is 3.04. The molecule has 1 saturated carbocycles. The van der Waals surface area contributed by atoms with Gasteiger partial charge in [0.15, 0.2) is 5.37 Å². The van der Waals surface area contributed by atoms with Gasteiger partial charge in [-0.2, -0.15) is 5.10 Å². The number of hydrogen-bond donors (Lipinski definition) is 0. The van der Waals surface area contributed by atoms with Crippen molar-refractivity contribution in [2.75, 3.05) is 10.8 Å². The molecule has 1 aromatic heterocycles. The topological polar surface area (TPSA) is 38.1 Å². The summed E-state index contributed by atoms with van der Waals surface area (Å²) in [7, 11) is 0. The number of benzene rings is 1. The Hall–Kier alpha value is -1.75. The third-order valence-corrected chi connectivity index (χ3v) is 5.83. The first-order chi connectivity index (χ1) is 11.4. The average Bonchev–Trinajstić information content (AvgIpc) is 3.14. The summed E-state index contributed by atoms with van der Waals surface area (Å²) >= 11 is 1.64. The van der Waals surface area contributed by atoms with Crippen molar-refractivity contribution in [1.29, 1.82) is 0 Å². The second-order valence-corrected chi connectivity index (χ2v) is 8.75. The van der Waals surface area contributed by atoms with Gasteiger partial charge in [-0.3, -0.25) is 9.69 Å². The summed E-state index contributed by atoms with van der Waals surface area (Å²) in [6.07, 6.45) is 4.48. The van der Waals surface area contributed by atoms with E-state index in [0.29, 0.717) is 11.8 Å². The van der Waals surface area contributed by atoms with Gasteiger partial charge in [-0.1, -0.05) is 32.9 Å². The SMILES string of the molecule is CC(C)(C)c1ccn(C2SCN(c3cccc(C4CC4)c3)C2=O)n1. The van der Waals surface area contributed by atoms with Crippen LogP contribution in [0.25, 0.3) is 0 Å². The Kier molecular flexibility index (Phi) is 3.71. The van der Waals surface area contributed by atoms with Crippen LogP contribution < -0.4 is 4.90 Å². The van der Waals surface area contributed by atoms with Gasteiger partial charge in [-0.15, -0.1) is 11.8 Å². The van der Waals surface area contributed by atoms with E-state index in [1.54, 1.807) is 11.8 Å². The first-order valence-electron chi connectivity index (χ1n) is 8.52. The largest absolute Gasteiger partial charge is 0.300 e. The minimum Gasteiger partial charge on any atom is -0.300 e. The molecule has 0 radical (unpaired) electrons. The second-order valence-electron chi connectivity index (χ2n) is 7.71. The van der Waals surface area contributed by atoms with E-state index in [9.17, 15) is 4.79 Å². The number of thioether (sulfide) groups is 1. The Labute approximate surface area is 147 Å².